The van der Waals surface area contributed by atoms with E-state index in [1.807, 2.05) is 4.91 Å². The molecular weight excluding hydrogens is 218 g/mol. The molecule has 0 fully saturated rings. The Balaban J connectivity index is 3.04. The highest BCUT2D eigenvalue weighted by Gasteiger charge is 2.21. The van der Waals surface area contributed by atoms with Crippen LogP contribution >= 0.6 is 0 Å². The average Bonchev–Trinajstić information content (AvgIpc) is 2.23. The summed E-state index contributed by atoms with van der Waals surface area (Å²) in [5.74, 6) is -5.00. The fourth-order valence-corrected chi connectivity index (χ4v) is 0.835. The monoisotopic (exact) mass is 221 g/mol. The van der Waals surface area contributed by atoms with E-state index in [2.05, 4.69) is 10.1 Å². The molecule has 0 radical (unpaired) electrons. The van der Waals surface area contributed by atoms with Crippen molar-refractivity contribution >= 4 is 0 Å². The molecule has 0 saturated heterocycles. The second-order valence-electron chi connectivity index (χ2n) is 2.36. The van der Waals surface area contributed by atoms with Crippen molar-refractivity contribution in [2.45, 2.75) is 6.36 Å². The SMILES string of the molecule is [N-]=[N+]=NOC(F)c1ccc(F)c(F)c1F. The first-order valence-corrected chi connectivity index (χ1v) is 3.55. The van der Waals surface area contributed by atoms with Crippen LogP contribution in [0.2, 0.25) is 0 Å². The van der Waals surface area contributed by atoms with Crippen LogP contribution in [-0.2, 0) is 4.84 Å². The second kappa shape index (κ2) is 4.52. The highest BCUT2D eigenvalue weighted by Crippen LogP contribution is 2.25. The standard InChI is InChI=1S/C7H3F4N3O/c8-4-2-1-3(5(9)6(4)10)7(11)15-14-13-12/h1-2,7H. The van der Waals surface area contributed by atoms with E-state index in [1.165, 1.54) is 0 Å². The molecule has 0 aliphatic carbocycles. The fourth-order valence-electron chi connectivity index (χ4n) is 0.835. The Labute approximate surface area is 80.7 Å². The van der Waals surface area contributed by atoms with Crippen LogP contribution in [0.15, 0.2) is 17.4 Å². The van der Waals surface area contributed by atoms with Gasteiger partial charge in [-0.2, -0.15) is 4.39 Å². The first kappa shape index (κ1) is 11.1. The van der Waals surface area contributed by atoms with Gasteiger partial charge in [-0.05, 0) is 17.7 Å². The number of alkyl halides is 1. The molecule has 0 spiro atoms. The molecule has 1 unspecified atom stereocenters. The maximum Gasteiger partial charge on any atom is 0.275 e. The van der Waals surface area contributed by atoms with E-state index in [-0.39, 0.29) is 0 Å². The summed E-state index contributed by atoms with van der Waals surface area (Å²) in [4.78, 5) is 5.81. The van der Waals surface area contributed by atoms with Gasteiger partial charge in [-0.3, -0.25) is 0 Å². The van der Waals surface area contributed by atoms with E-state index in [0.717, 1.165) is 0 Å². The zero-order valence-electron chi connectivity index (χ0n) is 6.99. The topological polar surface area (TPSA) is 58.0 Å². The van der Waals surface area contributed by atoms with Crippen LogP contribution in [0.5, 0.6) is 0 Å². The number of hydrogen-bond acceptors (Lipinski definition) is 2. The van der Waals surface area contributed by atoms with Gasteiger partial charge in [0.25, 0.3) is 6.36 Å². The fraction of sp³-hybridized carbons (Fsp3) is 0.143. The van der Waals surface area contributed by atoms with Gasteiger partial charge in [-0.25, -0.2) is 13.2 Å². The molecule has 1 aromatic carbocycles. The highest BCUT2D eigenvalue weighted by molar-refractivity contribution is 5.21. The van der Waals surface area contributed by atoms with Crippen LogP contribution in [0.25, 0.3) is 10.4 Å². The molecule has 0 amide bonds. The highest BCUT2D eigenvalue weighted by atomic mass is 19.2. The van der Waals surface area contributed by atoms with Gasteiger partial charge in [0.05, 0.1) is 5.56 Å². The van der Waals surface area contributed by atoms with Crippen molar-refractivity contribution in [3.8, 4) is 0 Å². The molecule has 80 valence electrons. The Bertz CT molecular complexity index is 419. The first-order valence-electron chi connectivity index (χ1n) is 3.55. The van der Waals surface area contributed by atoms with Gasteiger partial charge in [0.2, 0.25) is 0 Å². The number of rotatable bonds is 3. The molecule has 0 aromatic heterocycles. The van der Waals surface area contributed by atoms with Gasteiger partial charge in [0.1, 0.15) is 5.28 Å². The van der Waals surface area contributed by atoms with E-state index in [1.54, 1.807) is 0 Å². The lowest BCUT2D eigenvalue weighted by atomic mass is 10.2. The third-order valence-corrected chi connectivity index (χ3v) is 1.49. The molecule has 4 nitrogen and oxygen atoms in total. The van der Waals surface area contributed by atoms with E-state index in [4.69, 9.17) is 5.53 Å². The summed E-state index contributed by atoms with van der Waals surface area (Å²) in [6.07, 6.45) is -2.49. The van der Waals surface area contributed by atoms with Gasteiger partial charge in [0, 0.05) is 4.91 Å². The van der Waals surface area contributed by atoms with Crippen LogP contribution in [0.1, 0.15) is 11.9 Å². The van der Waals surface area contributed by atoms with E-state index in [0.29, 0.717) is 12.1 Å². The summed E-state index contributed by atoms with van der Waals surface area (Å²) < 4.78 is 50.8. The molecule has 0 bridgehead atoms. The summed E-state index contributed by atoms with van der Waals surface area (Å²) in [7, 11) is 0. The van der Waals surface area contributed by atoms with E-state index < -0.39 is 29.4 Å². The zero-order valence-corrected chi connectivity index (χ0v) is 6.99. The number of azide groups is 1. The minimum atomic E-state index is -2.49. The molecule has 0 saturated carbocycles. The van der Waals surface area contributed by atoms with E-state index >= 15 is 0 Å². The van der Waals surface area contributed by atoms with Crippen molar-refractivity contribution in [1.29, 1.82) is 0 Å². The summed E-state index contributed by atoms with van der Waals surface area (Å²) in [6, 6.07) is 1.17. The van der Waals surface area contributed by atoms with Crippen LogP contribution in [0.3, 0.4) is 0 Å². The van der Waals surface area contributed by atoms with E-state index in [9.17, 15) is 17.6 Å². The predicted octanol–water partition coefficient (Wildman–Crippen LogP) is 3.31. The van der Waals surface area contributed by atoms with Gasteiger partial charge >= 0.3 is 0 Å². The van der Waals surface area contributed by atoms with Crippen molar-refractivity contribution < 1.29 is 22.4 Å². The molecule has 1 aromatic rings. The minimum Gasteiger partial charge on any atom is -0.394 e. The summed E-state index contributed by atoms with van der Waals surface area (Å²) in [5.41, 5.74) is 6.88. The van der Waals surface area contributed by atoms with Gasteiger partial charge in [-0.15, -0.1) is 0 Å². The maximum absolute atomic E-state index is 12.9. The lowest BCUT2D eigenvalue weighted by Crippen LogP contribution is -2.01. The van der Waals surface area contributed by atoms with Crippen LogP contribution < -0.4 is 0 Å². The number of benzene rings is 1. The van der Waals surface area contributed by atoms with Crippen molar-refractivity contribution in [2.24, 2.45) is 5.28 Å². The van der Waals surface area contributed by atoms with Crippen LogP contribution in [0, 0.1) is 17.5 Å². The lowest BCUT2D eigenvalue weighted by Gasteiger charge is -2.07. The molecule has 0 aliphatic heterocycles. The zero-order chi connectivity index (χ0) is 11.4. The molecule has 0 heterocycles. The third kappa shape index (κ3) is 2.29. The van der Waals surface area contributed by atoms with Gasteiger partial charge in [-0.1, -0.05) is 0 Å². The lowest BCUT2D eigenvalue weighted by molar-refractivity contribution is -0.0445. The maximum atomic E-state index is 12.9. The Morgan fingerprint density at radius 2 is 1.93 bits per heavy atom. The minimum absolute atomic E-state index is 0.528. The van der Waals surface area contributed by atoms with Crippen molar-refractivity contribution in [2.75, 3.05) is 0 Å². The van der Waals surface area contributed by atoms with Crippen LogP contribution in [0.4, 0.5) is 17.6 Å². The first-order chi connectivity index (χ1) is 7.07. The Morgan fingerprint density at radius 1 is 1.27 bits per heavy atom. The number of halogens is 4. The van der Waals surface area contributed by atoms with Crippen LogP contribution in [-0.4, -0.2) is 0 Å². The summed E-state index contributed by atoms with van der Waals surface area (Å²) in [5, 5.41) is 2.36. The molecule has 1 atom stereocenters. The molecule has 8 heteroatoms. The molecule has 1 rings (SSSR count). The molecule has 15 heavy (non-hydrogen) atoms. The van der Waals surface area contributed by atoms with Gasteiger partial charge < -0.3 is 4.84 Å². The third-order valence-electron chi connectivity index (χ3n) is 1.49. The molecule has 0 N–H and O–H groups in total. The van der Waals surface area contributed by atoms with Crippen molar-refractivity contribution in [1.82, 2.24) is 0 Å². The second-order valence-corrected chi connectivity index (χ2v) is 2.36. The molecule has 0 aliphatic rings. The van der Waals surface area contributed by atoms with Crippen molar-refractivity contribution in [3.05, 3.63) is 45.6 Å². The summed E-state index contributed by atoms with van der Waals surface area (Å²) in [6.45, 7) is 0. The number of hydrogen-bond donors (Lipinski definition) is 0. The Morgan fingerprint density at radius 3 is 2.53 bits per heavy atom. The Hall–Kier alpha value is -1.95. The molecular formula is C7H3F4N3O. The predicted molar refractivity (Wildman–Crippen MR) is 40.4 cm³/mol. The average molecular weight is 221 g/mol. The van der Waals surface area contributed by atoms with Gasteiger partial charge in [0.15, 0.2) is 17.5 Å². The number of nitrogens with zero attached hydrogens (tertiary/aromatic N) is 3. The summed E-state index contributed by atoms with van der Waals surface area (Å²) >= 11 is 0. The quantitative estimate of drug-likeness (QED) is 0.193. The Kier molecular flexibility index (Phi) is 3.35. The normalized spacial score (nSPS) is 11.7. The smallest absolute Gasteiger partial charge is 0.275 e. The largest absolute Gasteiger partial charge is 0.394 e. The van der Waals surface area contributed by atoms with Crippen molar-refractivity contribution in [3.63, 3.8) is 0 Å².